The van der Waals surface area contributed by atoms with Crippen LogP contribution >= 0.6 is 11.8 Å². The lowest BCUT2D eigenvalue weighted by molar-refractivity contribution is -0.132. The van der Waals surface area contributed by atoms with Gasteiger partial charge in [0.15, 0.2) is 6.10 Å². The fourth-order valence-corrected chi connectivity index (χ4v) is 7.06. The second-order valence-electron chi connectivity index (χ2n) is 14.1. The summed E-state index contributed by atoms with van der Waals surface area (Å²) < 4.78 is 39.5. The summed E-state index contributed by atoms with van der Waals surface area (Å²) in [7, 11) is -4.00. The average Bonchev–Trinajstić information content (AvgIpc) is 3.57. The summed E-state index contributed by atoms with van der Waals surface area (Å²) in [5.41, 5.74) is -0.658. The van der Waals surface area contributed by atoms with Crippen LogP contribution in [0.5, 0.6) is 0 Å². The molecular weight excluding hydrogens is 699 g/mol. The number of carbonyl (C=O) groups excluding carboxylic acids is 4. The van der Waals surface area contributed by atoms with Gasteiger partial charge in [-0.2, -0.15) is 0 Å². The molecule has 1 aliphatic heterocycles. The number of aliphatic hydroxyl groups excluding tert-OH is 1. The molecule has 0 unspecified atom stereocenters. The minimum absolute atomic E-state index is 0.0576. The first kappa shape index (κ1) is 41.6. The van der Waals surface area contributed by atoms with Crippen LogP contribution in [0.3, 0.4) is 0 Å². The molecule has 5 N–H and O–H groups in total. The molecule has 1 saturated heterocycles. The summed E-state index contributed by atoms with van der Waals surface area (Å²) in [6.45, 7) is 10.9. The predicted molar refractivity (Wildman–Crippen MR) is 196 cm³/mol. The molecule has 0 bridgehead atoms. The number of anilines is 1. The summed E-state index contributed by atoms with van der Waals surface area (Å²) >= 11 is 1.63. The first-order valence-electron chi connectivity index (χ1n) is 16.8. The number of hydrogen-bond acceptors (Lipinski definition) is 10. The summed E-state index contributed by atoms with van der Waals surface area (Å²) in [6.07, 6.45) is -1.98. The molecule has 1 heterocycles. The minimum atomic E-state index is -4.00. The van der Waals surface area contributed by atoms with Gasteiger partial charge in [-0.25, -0.2) is 22.7 Å². The van der Waals surface area contributed by atoms with Crippen molar-refractivity contribution in [1.29, 1.82) is 0 Å². The van der Waals surface area contributed by atoms with Crippen LogP contribution < -0.4 is 20.7 Å². The largest absolute Gasteiger partial charge is 0.444 e. The van der Waals surface area contributed by atoms with Gasteiger partial charge in [-0.05, 0) is 91.0 Å². The van der Waals surface area contributed by atoms with Gasteiger partial charge < -0.3 is 35.4 Å². The van der Waals surface area contributed by atoms with Crippen LogP contribution in [0.2, 0.25) is 0 Å². The number of carbonyl (C=O) groups is 4. The zero-order valence-electron chi connectivity index (χ0n) is 30.1. The predicted octanol–water partition coefficient (Wildman–Crippen LogP) is 4.00. The van der Waals surface area contributed by atoms with Crippen molar-refractivity contribution in [1.82, 2.24) is 20.3 Å². The van der Waals surface area contributed by atoms with Crippen molar-refractivity contribution in [3.63, 3.8) is 0 Å². The van der Waals surface area contributed by atoms with E-state index in [0.717, 1.165) is 11.3 Å². The molecule has 1 fully saturated rings. The van der Waals surface area contributed by atoms with Crippen molar-refractivity contribution in [3.05, 3.63) is 60.2 Å². The number of thioether (sulfide) groups is 1. The number of nitrogens with zero attached hydrogens (tertiary/aromatic N) is 1. The molecule has 0 spiro atoms. The third-order valence-electron chi connectivity index (χ3n) is 7.33. The standard InChI is InChI=1S/C35H51N5O9S2/c1-34(2,3)48-32(44)38-27(31(43)40-19-20-50-23-40)17-10-11-18-36-51(46,47)26-16-12-15-25(22-26)37-30(42)29(41)28(21-24-13-8-7-9-14-24)39-33(45)49-35(4,5)6/h7-9,12-16,22,27-29,36,41H,10-11,17-21,23H2,1-6H3,(H,37,42)(H,38,44)(H,39,45)/t27-,28+,29-/m0/s1. The number of sulfonamides is 1. The lowest BCUT2D eigenvalue weighted by Crippen LogP contribution is -2.51. The average molecular weight is 750 g/mol. The van der Waals surface area contributed by atoms with Crippen LogP contribution in [0.4, 0.5) is 15.3 Å². The van der Waals surface area contributed by atoms with Gasteiger partial charge in [0.2, 0.25) is 15.9 Å². The molecule has 51 heavy (non-hydrogen) atoms. The maximum Gasteiger partial charge on any atom is 0.408 e. The van der Waals surface area contributed by atoms with E-state index in [4.69, 9.17) is 9.47 Å². The highest BCUT2D eigenvalue weighted by atomic mass is 32.2. The normalized spacial score (nSPS) is 15.3. The Labute approximate surface area is 304 Å². The summed E-state index contributed by atoms with van der Waals surface area (Å²) in [4.78, 5) is 52.8. The number of unbranched alkanes of at least 4 members (excludes halogenated alkanes) is 1. The zero-order valence-corrected chi connectivity index (χ0v) is 31.7. The van der Waals surface area contributed by atoms with Crippen LogP contribution in [0, 0.1) is 0 Å². The van der Waals surface area contributed by atoms with Gasteiger partial charge in [0.1, 0.15) is 17.2 Å². The van der Waals surface area contributed by atoms with E-state index in [2.05, 4.69) is 20.7 Å². The van der Waals surface area contributed by atoms with Gasteiger partial charge in [-0.3, -0.25) is 9.59 Å². The number of ether oxygens (including phenoxy) is 2. The molecule has 14 nitrogen and oxygen atoms in total. The van der Waals surface area contributed by atoms with Gasteiger partial charge in [-0.15, -0.1) is 11.8 Å². The molecule has 3 atom stereocenters. The number of alkyl carbamates (subject to hydrolysis) is 2. The number of aliphatic hydroxyl groups is 1. The van der Waals surface area contributed by atoms with Crippen LogP contribution in [0.1, 0.15) is 66.4 Å². The number of nitrogens with one attached hydrogen (secondary N) is 4. The Morgan fingerprint density at radius 3 is 2.16 bits per heavy atom. The van der Waals surface area contributed by atoms with Crippen LogP contribution in [-0.4, -0.2) is 96.5 Å². The van der Waals surface area contributed by atoms with Gasteiger partial charge >= 0.3 is 12.2 Å². The molecule has 2 aromatic carbocycles. The molecule has 16 heteroatoms. The molecule has 3 rings (SSSR count). The molecule has 1 aliphatic rings. The monoisotopic (exact) mass is 749 g/mol. The Morgan fingerprint density at radius 2 is 1.55 bits per heavy atom. The second kappa shape index (κ2) is 18.6. The van der Waals surface area contributed by atoms with E-state index < -0.39 is 57.5 Å². The molecule has 0 aliphatic carbocycles. The van der Waals surface area contributed by atoms with Gasteiger partial charge in [-0.1, -0.05) is 36.4 Å². The molecule has 4 amide bonds. The molecule has 2 aromatic rings. The molecule has 0 saturated carbocycles. The van der Waals surface area contributed by atoms with Crippen molar-refractivity contribution in [3.8, 4) is 0 Å². The smallest absolute Gasteiger partial charge is 0.408 e. The Bertz CT molecular complexity index is 1590. The molecule has 282 valence electrons. The van der Waals surface area contributed by atoms with Crippen LogP contribution in [0.15, 0.2) is 59.5 Å². The SMILES string of the molecule is CC(C)(C)OC(=O)N[C@@H](CCCCNS(=O)(=O)c1cccc(NC(=O)[C@@H](O)[C@@H](Cc2ccccc2)NC(=O)OC(C)(C)C)c1)C(=O)N1CCSC1. The highest BCUT2D eigenvalue weighted by Crippen LogP contribution is 2.19. The van der Waals surface area contributed by atoms with E-state index in [0.29, 0.717) is 31.7 Å². The van der Waals surface area contributed by atoms with Crippen molar-refractivity contribution in [2.45, 2.75) is 102 Å². The summed E-state index contributed by atoms with van der Waals surface area (Å²) in [5.74, 6) is 0.299. The number of rotatable bonds is 15. The van der Waals surface area contributed by atoms with Crippen molar-refractivity contribution in [2.75, 3.05) is 30.0 Å². The number of hydrogen-bond donors (Lipinski definition) is 5. The van der Waals surface area contributed by atoms with E-state index in [-0.39, 0.29) is 29.5 Å². The lowest BCUT2D eigenvalue weighted by atomic mass is 10.0. The highest BCUT2D eigenvalue weighted by molar-refractivity contribution is 7.99. The van der Waals surface area contributed by atoms with E-state index in [1.165, 1.54) is 24.3 Å². The fraction of sp³-hybridized carbons (Fsp3) is 0.543. The number of amides is 4. The molecule has 0 radical (unpaired) electrons. The topological polar surface area (TPSA) is 192 Å². The minimum Gasteiger partial charge on any atom is -0.444 e. The first-order valence-corrected chi connectivity index (χ1v) is 19.4. The second-order valence-corrected chi connectivity index (χ2v) is 17.0. The van der Waals surface area contributed by atoms with Gasteiger partial charge in [0.25, 0.3) is 5.91 Å². The Hall–Kier alpha value is -3.86. The maximum absolute atomic E-state index is 13.2. The number of benzene rings is 2. The van der Waals surface area contributed by atoms with Gasteiger partial charge in [0.05, 0.1) is 16.8 Å². The zero-order chi connectivity index (χ0) is 37.8. The van der Waals surface area contributed by atoms with Crippen LogP contribution in [0.25, 0.3) is 0 Å². The van der Waals surface area contributed by atoms with Crippen LogP contribution in [-0.2, 0) is 35.5 Å². The van der Waals surface area contributed by atoms with Gasteiger partial charge in [0, 0.05) is 24.5 Å². The molecule has 0 aromatic heterocycles. The van der Waals surface area contributed by atoms with E-state index in [1.807, 2.05) is 6.07 Å². The maximum atomic E-state index is 13.2. The Balaban J connectivity index is 1.59. The lowest BCUT2D eigenvalue weighted by Gasteiger charge is -2.26. The Kier molecular flexibility index (Phi) is 15.1. The first-order chi connectivity index (χ1) is 23.8. The van der Waals surface area contributed by atoms with E-state index in [1.54, 1.807) is 82.5 Å². The molecular formula is C35H51N5O9S2. The summed E-state index contributed by atoms with van der Waals surface area (Å²) in [5, 5.41) is 18.8. The Morgan fingerprint density at radius 1 is 0.902 bits per heavy atom. The van der Waals surface area contributed by atoms with Crippen molar-refractivity contribution < 1.29 is 42.2 Å². The highest BCUT2D eigenvalue weighted by Gasteiger charge is 2.31. The van der Waals surface area contributed by atoms with Crippen molar-refractivity contribution >= 4 is 51.5 Å². The summed E-state index contributed by atoms with van der Waals surface area (Å²) in [6, 6.07) is 12.7. The third-order valence-corrected chi connectivity index (χ3v) is 9.75. The van der Waals surface area contributed by atoms with E-state index >= 15 is 0 Å². The third kappa shape index (κ3) is 14.7. The fourth-order valence-electron chi connectivity index (χ4n) is 4.99. The van der Waals surface area contributed by atoms with E-state index in [9.17, 15) is 32.7 Å². The quantitative estimate of drug-likeness (QED) is 0.166. The van der Waals surface area contributed by atoms with Crippen molar-refractivity contribution in [2.24, 2.45) is 0 Å².